The van der Waals surface area contributed by atoms with Crippen LogP contribution >= 0.6 is 0 Å². The Morgan fingerprint density at radius 2 is 0.722 bits per heavy atom. The van der Waals surface area contributed by atoms with Gasteiger partial charge in [-0.2, -0.15) is 0 Å². The zero-order valence-electron chi connectivity index (χ0n) is 29.3. The van der Waals surface area contributed by atoms with Gasteiger partial charge in [-0.25, -0.2) is 9.97 Å². The second-order valence-corrected chi connectivity index (χ2v) is 13.7. The lowest BCUT2D eigenvalue weighted by molar-refractivity contribution is 0.975. The van der Waals surface area contributed by atoms with Crippen molar-refractivity contribution >= 4 is 21.8 Å². The van der Waals surface area contributed by atoms with E-state index in [1.165, 1.54) is 44.4 Å². The maximum absolute atomic E-state index is 5.40. The van der Waals surface area contributed by atoms with E-state index in [2.05, 4.69) is 191 Å². The van der Waals surface area contributed by atoms with Crippen molar-refractivity contribution in [3.63, 3.8) is 0 Å². The smallest absolute Gasteiger partial charge is 0.235 e. The molecule has 0 fully saturated rings. The molecule has 3 heterocycles. The third-order valence-electron chi connectivity index (χ3n) is 10.7. The van der Waals surface area contributed by atoms with Crippen LogP contribution < -0.4 is 0 Å². The van der Waals surface area contributed by atoms with E-state index in [1.54, 1.807) is 0 Å². The van der Waals surface area contributed by atoms with Crippen LogP contribution in [0.1, 0.15) is 0 Å². The monoisotopic (exact) mass is 688 g/mol. The van der Waals surface area contributed by atoms with Gasteiger partial charge in [0, 0.05) is 49.8 Å². The van der Waals surface area contributed by atoms with E-state index in [1.807, 2.05) is 12.1 Å². The van der Waals surface area contributed by atoms with Crippen LogP contribution in [0.15, 0.2) is 194 Å². The first kappa shape index (κ1) is 30.3. The number of rotatable bonds is 4. The number of benzene rings is 7. The summed E-state index contributed by atoms with van der Waals surface area (Å²) in [6.45, 7) is 0. The maximum Gasteiger partial charge on any atom is 0.235 e. The minimum Gasteiger partial charge on any atom is -0.309 e. The van der Waals surface area contributed by atoms with E-state index in [0.717, 1.165) is 50.4 Å². The zero-order valence-corrected chi connectivity index (χ0v) is 29.3. The first-order valence-corrected chi connectivity index (χ1v) is 18.4. The molecule has 0 saturated carbocycles. The summed E-state index contributed by atoms with van der Waals surface area (Å²) in [5.41, 5.74) is 16.5. The summed E-state index contributed by atoms with van der Waals surface area (Å²) >= 11 is 0. The summed E-state index contributed by atoms with van der Waals surface area (Å²) in [6, 6.07) is 69.0. The summed E-state index contributed by atoms with van der Waals surface area (Å²) in [5.74, 6) is 0.632. The largest absolute Gasteiger partial charge is 0.309 e. The Labute approximate surface area is 312 Å². The fourth-order valence-electron chi connectivity index (χ4n) is 8.45. The molecule has 0 atom stereocenters. The number of para-hydroxylation sites is 3. The molecule has 4 nitrogen and oxygen atoms in total. The highest BCUT2D eigenvalue weighted by Crippen LogP contribution is 2.54. The van der Waals surface area contributed by atoms with Crippen LogP contribution in [0.4, 0.5) is 0 Å². The van der Waals surface area contributed by atoms with Crippen molar-refractivity contribution in [1.82, 2.24) is 19.1 Å². The quantitative estimate of drug-likeness (QED) is 0.184. The molecule has 0 spiro atoms. The van der Waals surface area contributed by atoms with Gasteiger partial charge in [0.1, 0.15) is 0 Å². The molecule has 1 aliphatic rings. The van der Waals surface area contributed by atoms with Crippen molar-refractivity contribution in [3.8, 4) is 78.9 Å². The number of aromatic nitrogens is 4. The summed E-state index contributed by atoms with van der Waals surface area (Å²) in [4.78, 5) is 10.8. The molecule has 0 aliphatic heterocycles. The van der Waals surface area contributed by atoms with E-state index in [9.17, 15) is 0 Å². The molecule has 0 saturated heterocycles. The van der Waals surface area contributed by atoms with Crippen LogP contribution in [-0.4, -0.2) is 19.1 Å². The molecule has 11 rings (SSSR count). The number of hydrogen-bond donors (Lipinski definition) is 0. The Morgan fingerprint density at radius 3 is 1.24 bits per heavy atom. The van der Waals surface area contributed by atoms with Crippen molar-refractivity contribution < 1.29 is 0 Å². The van der Waals surface area contributed by atoms with Gasteiger partial charge < -0.3 is 4.57 Å². The van der Waals surface area contributed by atoms with E-state index in [4.69, 9.17) is 9.97 Å². The van der Waals surface area contributed by atoms with E-state index < -0.39 is 0 Å². The molecular weight excluding hydrogens is 657 g/mol. The molecular formula is C50H32N4. The Balaban J connectivity index is 1.31. The molecule has 7 aromatic carbocycles. The first-order valence-electron chi connectivity index (χ1n) is 18.4. The topological polar surface area (TPSA) is 35.6 Å². The molecule has 4 heteroatoms. The SMILES string of the molecule is c1ccc(-c2cc(-c3ccccc3)nc(-n3c4c(c5ccccc53)-c3ccccc3-c3c(c5ccccc5n3-c3ccccc3)-c3ccccc3-4)n2)cc1. The fourth-order valence-corrected chi connectivity index (χ4v) is 8.45. The van der Waals surface area contributed by atoms with Gasteiger partial charge in [0.15, 0.2) is 0 Å². The Bertz CT molecular complexity index is 2970. The van der Waals surface area contributed by atoms with Gasteiger partial charge in [-0.15, -0.1) is 0 Å². The summed E-state index contributed by atoms with van der Waals surface area (Å²) in [7, 11) is 0. The molecule has 0 amide bonds. The van der Waals surface area contributed by atoms with Gasteiger partial charge in [0.05, 0.1) is 33.8 Å². The highest BCUT2D eigenvalue weighted by atomic mass is 15.2. The Hall–Kier alpha value is -7.30. The van der Waals surface area contributed by atoms with Crippen molar-refractivity contribution in [2.24, 2.45) is 0 Å². The number of nitrogens with zero attached hydrogens (tertiary/aromatic N) is 4. The lowest BCUT2D eigenvalue weighted by Gasteiger charge is -2.22. The molecule has 3 aromatic heterocycles. The van der Waals surface area contributed by atoms with Crippen LogP contribution in [-0.2, 0) is 0 Å². The molecule has 0 bridgehead atoms. The lowest BCUT2D eigenvalue weighted by atomic mass is 9.84. The van der Waals surface area contributed by atoms with Gasteiger partial charge in [-0.3, -0.25) is 4.57 Å². The summed E-state index contributed by atoms with van der Waals surface area (Å²) < 4.78 is 4.75. The van der Waals surface area contributed by atoms with E-state index in [0.29, 0.717) is 5.95 Å². The Morgan fingerprint density at radius 1 is 0.333 bits per heavy atom. The van der Waals surface area contributed by atoms with Crippen LogP contribution in [0, 0.1) is 0 Å². The zero-order chi connectivity index (χ0) is 35.6. The second-order valence-electron chi connectivity index (χ2n) is 13.7. The standard InChI is InChI=1S/C50H32N4/c1-4-18-33(19-5-1)42-32-43(34-20-6-2-7-21-34)52-50(51-42)54-45-31-17-15-29-41(45)47-36-24-10-12-26-38(36)48-46(37-25-11-13-27-39(37)49(47)54)40-28-14-16-30-44(40)53(48)35-22-8-3-9-23-35/h1-32H. The van der Waals surface area contributed by atoms with Crippen molar-refractivity contribution in [1.29, 1.82) is 0 Å². The third kappa shape index (κ3) is 4.57. The third-order valence-corrected chi connectivity index (χ3v) is 10.7. The van der Waals surface area contributed by atoms with Gasteiger partial charge in [-0.05, 0) is 41.5 Å². The molecule has 0 radical (unpaired) electrons. The predicted molar refractivity (Wildman–Crippen MR) is 222 cm³/mol. The average molecular weight is 689 g/mol. The molecule has 0 N–H and O–H groups in total. The van der Waals surface area contributed by atoms with Crippen LogP contribution in [0.25, 0.3) is 101 Å². The summed E-state index contributed by atoms with van der Waals surface area (Å²) in [5, 5.41) is 2.36. The fraction of sp³-hybridized carbons (Fsp3) is 0. The maximum atomic E-state index is 5.40. The number of fused-ring (bicyclic) bond motifs is 12. The van der Waals surface area contributed by atoms with E-state index >= 15 is 0 Å². The van der Waals surface area contributed by atoms with Crippen LogP contribution in [0.2, 0.25) is 0 Å². The van der Waals surface area contributed by atoms with Crippen molar-refractivity contribution in [3.05, 3.63) is 194 Å². The predicted octanol–water partition coefficient (Wildman–Crippen LogP) is 12.7. The second kappa shape index (κ2) is 12.1. The minimum atomic E-state index is 0.632. The molecule has 1 aliphatic carbocycles. The normalized spacial score (nSPS) is 11.7. The molecule has 54 heavy (non-hydrogen) atoms. The molecule has 10 aromatic rings. The molecule has 0 unspecified atom stereocenters. The highest BCUT2D eigenvalue weighted by molar-refractivity contribution is 6.17. The molecule has 252 valence electrons. The number of hydrogen-bond acceptors (Lipinski definition) is 2. The Kier molecular flexibility index (Phi) is 6.82. The average Bonchev–Trinajstić information content (AvgIpc) is 3.77. The van der Waals surface area contributed by atoms with Gasteiger partial charge >= 0.3 is 0 Å². The van der Waals surface area contributed by atoms with Gasteiger partial charge in [0.2, 0.25) is 5.95 Å². The highest BCUT2D eigenvalue weighted by Gasteiger charge is 2.32. The van der Waals surface area contributed by atoms with Crippen molar-refractivity contribution in [2.45, 2.75) is 0 Å². The first-order chi connectivity index (χ1) is 26.8. The van der Waals surface area contributed by atoms with Gasteiger partial charge in [0.25, 0.3) is 0 Å². The van der Waals surface area contributed by atoms with Crippen molar-refractivity contribution in [2.75, 3.05) is 0 Å². The van der Waals surface area contributed by atoms with Gasteiger partial charge in [-0.1, -0.05) is 164 Å². The summed E-state index contributed by atoms with van der Waals surface area (Å²) in [6.07, 6.45) is 0. The van der Waals surface area contributed by atoms with E-state index in [-0.39, 0.29) is 0 Å². The minimum absolute atomic E-state index is 0.632. The lowest BCUT2D eigenvalue weighted by Crippen LogP contribution is -2.07. The van der Waals surface area contributed by atoms with Crippen LogP contribution in [0.5, 0.6) is 0 Å². The van der Waals surface area contributed by atoms with Crippen LogP contribution in [0.3, 0.4) is 0 Å².